The van der Waals surface area contributed by atoms with Gasteiger partial charge in [-0.05, 0) is 20.5 Å². The van der Waals surface area contributed by atoms with E-state index in [0.717, 1.165) is 32.6 Å². The molecule has 0 aromatic carbocycles. The van der Waals surface area contributed by atoms with Crippen molar-refractivity contribution in [1.29, 1.82) is 0 Å². The Hall–Kier alpha value is -1.66. The maximum Gasteiger partial charge on any atom is 0.0797 e. The van der Waals surface area contributed by atoms with E-state index in [1.165, 1.54) is 22.5 Å². The molecule has 0 aliphatic carbocycles. The van der Waals surface area contributed by atoms with Gasteiger partial charge in [-0.25, -0.2) is 0 Å². The van der Waals surface area contributed by atoms with Crippen LogP contribution in [0.4, 0.5) is 0 Å². The lowest BCUT2D eigenvalue weighted by Gasteiger charge is -2.26. The lowest BCUT2D eigenvalue weighted by Crippen LogP contribution is -2.30. The highest BCUT2D eigenvalue weighted by Crippen LogP contribution is 2.22. The maximum atomic E-state index is 4.47. The first-order valence-electron chi connectivity index (χ1n) is 7.01. The Bertz CT molecular complexity index is 582. The normalized spacial score (nSPS) is 15.8. The zero-order valence-corrected chi connectivity index (χ0v) is 12.4. The van der Waals surface area contributed by atoms with E-state index in [0.29, 0.717) is 0 Å². The number of aromatic nitrogens is 4. The summed E-state index contributed by atoms with van der Waals surface area (Å²) >= 11 is 0. The van der Waals surface area contributed by atoms with Crippen molar-refractivity contribution < 1.29 is 0 Å². The molecule has 1 aliphatic rings. The molecular weight excluding hydrogens is 252 g/mol. The number of nitrogens with zero attached hydrogens (tertiary/aromatic N) is 5. The summed E-state index contributed by atoms with van der Waals surface area (Å²) in [5.41, 5.74) is 5.16. The predicted octanol–water partition coefficient (Wildman–Crippen LogP) is 0.763. The predicted molar refractivity (Wildman–Crippen MR) is 77.0 cm³/mol. The number of hydrogen-bond donors (Lipinski definition) is 1. The van der Waals surface area contributed by atoms with Crippen LogP contribution >= 0.6 is 0 Å². The second kappa shape index (κ2) is 5.38. The molecule has 1 N–H and O–H groups in total. The van der Waals surface area contributed by atoms with Crippen LogP contribution in [-0.2, 0) is 33.1 Å². The molecular formula is C14H22N6. The monoisotopic (exact) mass is 274 g/mol. The Morgan fingerprint density at radius 3 is 2.95 bits per heavy atom. The van der Waals surface area contributed by atoms with E-state index in [1.54, 1.807) is 0 Å². The largest absolute Gasteiger partial charge is 0.303 e. The van der Waals surface area contributed by atoms with Gasteiger partial charge in [0.2, 0.25) is 0 Å². The van der Waals surface area contributed by atoms with E-state index in [1.807, 2.05) is 17.9 Å². The summed E-state index contributed by atoms with van der Waals surface area (Å²) in [5, 5.41) is 11.9. The van der Waals surface area contributed by atoms with E-state index >= 15 is 0 Å². The highest BCUT2D eigenvalue weighted by molar-refractivity contribution is 5.28. The zero-order valence-electron chi connectivity index (χ0n) is 12.4. The smallest absolute Gasteiger partial charge is 0.0797 e. The molecule has 0 amide bonds. The Balaban J connectivity index is 1.68. The van der Waals surface area contributed by atoms with Crippen molar-refractivity contribution in [1.82, 2.24) is 29.8 Å². The molecule has 2 aromatic heterocycles. The van der Waals surface area contributed by atoms with Gasteiger partial charge >= 0.3 is 0 Å². The minimum absolute atomic E-state index is 0.911. The van der Waals surface area contributed by atoms with Crippen molar-refractivity contribution in [3.8, 4) is 0 Å². The Morgan fingerprint density at radius 1 is 1.40 bits per heavy atom. The summed E-state index contributed by atoms with van der Waals surface area (Å²) in [6.07, 6.45) is 5.11. The van der Waals surface area contributed by atoms with Crippen molar-refractivity contribution in [3.05, 3.63) is 34.9 Å². The van der Waals surface area contributed by atoms with Crippen LogP contribution in [0.25, 0.3) is 0 Å². The summed E-state index contributed by atoms with van der Waals surface area (Å²) in [7, 11) is 6.12. The fourth-order valence-corrected chi connectivity index (χ4v) is 2.82. The standard InChI is InChI=1S/C14H22N6/c1-18(2)9-13-12-4-5-20(10-14(12)17-16-13)8-11-6-15-19(3)7-11/h6-7H,4-5,8-10H2,1-3H3,(H,16,17). The summed E-state index contributed by atoms with van der Waals surface area (Å²) in [6, 6.07) is 0. The molecule has 20 heavy (non-hydrogen) atoms. The fraction of sp³-hybridized carbons (Fsp3) is 0.571. The fourth-order valence-electron chi connectivity index (χ4n) is 2.82. The van der Waals surface area contributed by atoms with Crippen LogP contribution in [0.2, 0.25) is 0 Å². The number of aromatic amines is 1. The molecule has 3 rings (SSSR count). The molecule has 0 bridgehead atoms. The van der Waals surface area contributed by atoms with Gasteiger partial charge in [-0.3, -0.25) is 14.7 Å². The van der Waals surface area contributed by atoms with Crippen molar-refractivity contribution in [2.24, 2.45) is 7.05 Å². The van der Waals surface area contributed by atoms with Gasteiger partial charge in [0.15, 0.2) is 0 Å². The lowest BCUT2D eigenvalue weighted by atomic mass is 10.0. The molecule has 3 heterocycles. The molecule has 2 aromatic rings. The Labute approximate surface area is 119 Å². The molecule has 0 saturated carbocycles. The van der Waals surface area contributed by atoms with Crippen molar-refractivity contribution >= 4 is 0 Å². The molecule has 6 heteroatoms. The van der Waals surface area contributed by atoms with E-state index in [-0.39, 0.29) is 0 Å². The second-order valence-corrected chi connectivity index (χ2v) is 5.85. The Kier molecular flexibility index (Phi) is 3.58. The van der Waals surface area contributed by atoms with Crippen LogP contribution in [-0.4, -0.2) is 50.4 Å². The summed E-state index contributed by atoms with van der Waals surface area (Å²) < 4.78 is 1.86. The summed E-state index contributed by atoms with van der Waals surface area (Å²) in [4.78, 5) is 4.61. The van der Waals surface area contributed by atoms with Gasteiger partial charge in [-0.15, -0.1) is 0 Å². The van der Waals surface area contributed by atoms with Crippen molar-refractivity contribution in [2.45, 2.75) is 26.1 Å². The molecule has 0 atom stereocenters. The van der Waals surface area contributed by atoms with Gasteiger partial charge in [0.05, 0.1) is 17.6 Å². The number of aryl methyl sites for hydroxylation is 1. The second-order valence-electron chi connectivity index (χ2n) is 5.85. The van der Waals surface area contributed by atoms with Gasteiger partial charge < -0.3 is 4.90 Å². The molecule has 0 saturated heterocycles. The molecule has 0 radical (unpaired) electrons. The van der Waals surface area contributed by atoms with Crippen LogP contribution < -0.4 is 0 Å². The third-order valence-electron chi connectivity index (χ3n) is 3.73. The first-order valence-corrected chi connectivity index (χ1v) is 7.01. The quantitative estimate of drug-likeness (QED) is 0.894. The first kappa shape index (κ1) is 13.3. The maximum absolute atomic E-state index is 4.47. The molecule has 1 aliphatic heterocycles. The summed E-state index contributed by atoms with van der Waals surface area (Å²) in [5.74, 6) is 0. The van der Waals surface area contributed by atoms with Crippen LogP contribution in [0.3, 0.4) is 0 Å². The summed E-state index contributed by atoms with van der Waals surface area (Å²) in [6.45, 7) is 3.90. The molecule has 0 fully saturated rings. The number of rotatable bonds is 4. The molecule has 0 spiro atoms. The first-order chi connectivity index (χ1) is 9.61. The highest BCUT2D eigenvalue weighted by Gasteiger charge is 2.22. The third-order valence-corrected chi connectivity index (χ3v) is 3.73. The van der Waals surface area contributed by atoms with Gasteiger partial charge in [-0.2, -0.15) is 10.2 Å². The average molecular weight is 274 g/mol. The van der Waals surface area contributed by atoms with Gasteiger partial charge in [0.1, 0.15) is 0 Å². The molecule has 0 unspecified atom stereocenters. The topological polar surface area (TPSA) is 53.0 Å². The third kappa shape index (κ3) is 2.76. The number of H-pyrrole nitrogens is 1. The van der Waals surface area contributed by atoms with Gasteiger partial charge in [0.25, 0.3) is 0 Å². The SMILES string of the molecule is CN(C)Cc1n[nH]c2c1CCN(Cc1cnn(C)c1)C2. The minimum Gasteiger partial charge on any atom is -0.303 e. The highest BCUT2D eigenvalue weighted by atomic mass is 15.2. The lowest BCUT2D eigenvalue weighted by molar-refractivity contribution is 0.242. The number of hydrogen-bond acceptors (Lipinski definition) is 4. The number of fused-ring (bicyclic) bond motifs is 1. The van der Waals surface area contributed by atoms with E-state index in [9.17, 15) is 0 Å². The van der Waals surface area contributed by atoms with Crippen LogP contribution in [0.1, 0.15) is 22.5 Å². The molecule has 6 nitrogen and oxygen atoms in total. The average Bonchev–Trinajstić information content (AvgIpc) is 2.96. The molecule has 108 valence electrons. The number of nitrogens with one attached hydrogen (secondary N) is 1. The Morgan fingerprint density at radius 2 is 2.25 bits per heavy atom. The van der Waals surface area contributed by atoms with Crippen molar-refractivity contribution in [2.75, 3.05) is 20.6 Å². The van der Waals surface area contributed by atoms with Crippen LogP contribution in [0.15, 0.2) is 12.4 Å². The van der Waals surface area contributed by atoms with E-state index in [2.05, 4.69) is 45.4 Å². The van der Waals surface area contributed by atoms with Crippen molar-refractivity contribution in [3.63, 3.8) is 0 Å². The van der Waals surface area contributed by atoms with Crippen LogP contribution in [0, 0.1) is 0 Å². The minimum atomic E-state index is 0.911. The van der Waals surface area contributed by atoms with E-state index in [4.69, 9.17) is 0 Å². The van der Waals surface area contributed by atoms with Crippen LogP contribution in [0.5, 0.6) is 0 Å². The van der Waals surface area contributed by atoms with E-state index < -0.39 is 0 Å². The zero-order chi connectivity index (χ0) is 14.1. The van der Waals surface area contributed by atoms with Gasteiger partial charge in [0, 0.05) is 50.6 Å². The van der Waals surface area contributed by atoms with Gasteiger partial charge in [-0.1, -0.05) is 0 Å².